The fraction of sp³-hybridized carbons (Fsp3) is 0.643. The molecule has 120 valence electrons. The molecule has 0 amide bonds. The first-order chi connectivity index (χ1) is 10.7. The molecule has 2 aromatic rings. The first-order valence-electron chi connectivity index (χ1n) is 7.63. The van der Waals surface area contributed by atoms with Gasteiger partial charge >= 0.3 is 5.69 Å². The largest absolute Gasteiger partial charge is 0.383 e. The second-order valence-electron chi connectivity index (χ2n) is 5.45. The predicted molar refractivity (Wildman–Crippen MR) is 82.1 cm³/mol. The number of nitrogens with zero attached hydrogens (tertiary/aromatic N) is 3. The van der Waals surface area contributed by atoms with Crippen LogP contribution in [0.5, 0.6) is 0 Å². The summed E-state index contributed by atoms with van der Waals surface area (Å²) >= 11 is 0. The van der Waals surface area contributed by atoms with Gasteiger partial charge in [0.25, 0.3) is 5.56 Å². The van der Waals surface area contributed by atoms with E-state index in [2.05, 4.69) is 15.3 Å². The van der Waals surface area contributed by atoms with Crippen LogP contribution in [-0.4, -0.2) is 39.4 Å². The molecule has 1 fully saturated rings. The molecule has 1 atom stereocenters. The zero-order chi connectivity index (χ0) is 15.7. The van der Waals surface area contributed by atoms with E-state index in [1.165, 1.54) is 9.13 Å². The predicted octanol–water partition coefficient (Wildman–Crippen LogP) is -0.0229. The maximum Gasteiger partial charge on any atom is 0.332 e. The van der Waals surface area contributed by atoms with Gasteiger partial charge in [0, 0.05) is 13.7 Å². The molecule has 22 heavy (non-hydrogen) atoms. The van der Waals surface area contributed by atoms with Crippen LogP contribution in [0.15, 0.2) is 9.59 Å². The minimum absolute atomic E-state index is 0.118. The third-order valence-corrected chi connectivity index (χ3v) is 4.11. The van der Waals surface area contributed by atoms with Crippen molar-refractivity contribution in [2.24, 2.45) is 0 Å². The number of fused-ring (bicyclic) bond motifs is 1. The monoisotopic (exact) mass is 307 g/mol. The van der Waals surface area contributed by atoms with Crippen LogP contribution in [0.1, 0.15) is 31.6 Å². The Morgan fingerprint density at radius 2 is 2.18 bits per heavy atom. The van der Waals surface area contributed by atoms with Gasteiger partial charge in [-0.15, -0.1) is 0 Å². The van der Waals surface area contributed by atoms with Gasteiger partial charge in [-0.1, -0.05) is 0 Å². The summed E-state index contributed by atoms with van der Waals surface area (Å²) in [5.74, 6) is 0.726. The summed E-state index contributed by atoms with van der Waals surface area (Å²) in [4.78, 5) is 32.6. The molecular weight excluding hydrogens is 286 g/mol. The molecule has 8 nitrogen and oxygen atoms in total. The molecule has 1 aliphatic rings. The normalized spacial score (nSPS) is 18.4. The van der Waals surface area contributed by atoms with Crippen molar-refractivity contribution in [3.05, 3.63) is 26.7 Å². The number of rotatable bonds is 5. The Morgan fingerprint density at radius 1 is 1.36 bits per heavy atom. The molecule has 3 rings (SSSR count). The second-order valence-corrected chi connectivity index (χ2v) is 5.45. The number of nitrogens with one attached hydrogen (secondary N) is 2. The van der Waals surface area contributed by atoms with E-state index in [1.807, 2.05) is 0 Å². The lowest BCUT2D eigenvalue weighted by atomic mass is 10.2. The highest BCUT2D eigenvalue weighted by molar-refractivity contribution is 5.70. The van der Waals surface area contributed by atoms with E-state index in [0.29, 0.717) is 30.9 Å². The van der Waals surface area contributed by atoms with Gasteiger partial charge in [0.05, 0.1) is 19.2 Å². The van der Waals surface area contributed by atoms with E-state index in [0.717, 1.165) is 25.2 Å². The highest BCUT2D eigenvalue weighted by atomic mass is 16.5. The highest BCUT2D eigenvalue weighted by Crippen LogP contribution is 2.21. The van der Waals surface area contributed by atoms with Gasteiger partial charge in [0.2, 0.25) is 0 Å². The van der Waals surface area contributed by atoms with Crippen molar-refractivity contribution in [1.82, 2.24) is 24.4 Å². The SMILES string of the molecule is CCn1c(=O)c2[nH]c(C3CCCN3)nc2n(CCOC)c1=O. The van der Waals surface area contributed by atoms with Crippen LogP contribution < -0.4 is 16.6 Å². The minimum atomic E-state index is -0.338. The number of H-pyrrole nitrogens is 1. The number of imidazole rings is 1. The Bertz CT molecular complexity index is 782. The molecule has 8 heteroatoms. The average Bonchev–Trinajstić information content (AvgIpc) is 3.17. The van der Waals surface area contributed by atoms with Crippen LogP contribution in [0.4, 0.5) is 0 Å². The molecule has 1 unspecified atom stereocenters. The summed E-state index contributed by atoms with van der Waals surface area (Å²) in [6.07, 6.45) is 2.06. The van der Waals surface area contributed by atoms with Gasteiger partial charge in [0.1, 0.15) is 11.3 Å². The quantitative estimate of drug-likeness (QED) is 0.809. The van der Waals surface area contributed by atoms with Crippen LogP contribution in [0.25, 0.3) is 11.2 Å². The van der Waals surface area contributed by atoms with E-state index in [4.69, 9.17) is 4.74 Å². The number of aromatic nitrogens is 4. The summed E-state index contributed by atoms with van der Waals surface area (Å²) in [6.45, 7) is 3.81. The molecule has 1 saturated heterocycles. The van der Waals surface area contributed by atoms with E-state index in [-0.39, 0.29) is 17.3 Å². The van der Waals surface area contributed by atoms with E-state index < -0.39 is 0 Å². The van der Waals surface area contributed by atoms with Crippen LogP contribution in [0.2, 0.25) is 0 Å². The van der Waals surface area contributed by atoms with E-state index >= 15 is 0 Å². The van der Waals surface area contributed by atoms with Gasteiger partial charge in [-0.25, -0.2) is 9.78 Å². The van der Waals surface area contributed by atoms with Gasteiger partial charge in [-0.2, -0.15) is 0 Å². The van der Waals surface area contributed by atoms with Gasteiger partial charge in [-0.3, -0.25) is 13.9 Å². The average molecular weight is 307 g/mol. The number of hydrogen-bond donors (Lipinski definition) is 2. The summed E-state index contributed by atoms with van der Waals surface area (Å²) in [7, 11) is 1.58. The Balaban J connectivity index is 2.21. The lowest BCUT2D eigenvalue weighted by Crippen LogP contribution is -2.40. The van der Waals surface area contributed by atoms with E-state index in [1.54, 1.807) is 14.0 Å². The van der Waals surface area contributed by atoms with Crippen LogP contribution in [-0.2, 0) is 17.8 Å². The summed E-state index contributed by atoms with van der Waals surface area (Å²) < 4.78 is 7.80. The van der Waals surface area contributed by atoms with Crippen LogP contribution in [0.3, 0.4) is 0 Å². The third-order valence-electron chi connectivity index (χ3n) is 4.11. The Labute approximate surface area is 127 Å². The Morgan fingerprint density at radius 3 is 2.82 bits per heavy atom. The van der Waals surface area contributed by atoms with Crippen molar-refractivity contribution in [2.45, 2.75) is 38.9 Å². The van der Waals surface area contributed by atoms with Crippen molar-refractivity contribution >= 4 is 11.2 Å². The molecule has 0 bridgehead atoms. The molecule has 0 spiro atoms. The number of aromatic amines is 1. The summed E-state index contributed by atoms with van der Waals surface area (Å²) in [5, 5.41) is 3.34. The summed E-state index contributed by atoms with van der Waals surface area (Å²) in [5.41, 5.74) is 0.157. The van der Waals surface area contributed by atoms with Crippen LogP contribution >= 0.6 is 0 Å². The molecule has 0 aliphatic carbocycles. The van der Waals surface area contributed by atoms with Crippen molar-refractivity contribution in [2.75, 3.05) is 20.3 Å². The zero-order valence-corrected chi connectivity index (χ0v) is 12.9. The third kappa shape index (κ3) is 2.38. The Kier molecular flexibility index (Phi) is 4.12. The smallest absolute Gasteiger partial charge is 0.332 e. The molecule has 2 aromatic heterocycles. The summed E-state index contributed by atoms with van der Waals surface area (Å²) in [6, 6.07) is 0.118. The topological polar surface area (TPSA) is 93.9 Å². The maximum absolute atomic E-state index is 12.5. The van der Waals surface area contributed by atoms with Gasteiger partial charge < -0.3 is 15.0 Å². The molecular formula is C14H21N5O3. The van der Waals surface area contributed by atoms with Gasteiger partial charge in [-0.05, 0) is 26.3 Å². The standard InChI is InChI=1S/C14H21N5O3/c1-3-18-13(20)10-12(19(14(18)21)7-8-22-2)17-11(16-10)9-5-4-6-15-9/h9,15H,3-8H2,1-2H3,(H,16,17). The van der Waals surface area contributed by atoms with Gasteiger partial charge in [0.15, 0.2) is 5.65 Å². The van der Waals surface area contributed by atoms with Crippen molar-refractivity contribution in [1.29, 1.82) is 0 Å². The molecule has 0 radical (unpaired) electrons. The molecule has 2 N–H and O–H groups in total. The first-order valence-corrected chi connectivity index (χ1v) is 7.63. The molecule has 1 aliphatic heterocycles. The lowest BCUT2D eigenvalue weighted by Gasteiger charge is -2.09. The fourth-order valence-electron chi connectivity index (χ4n) is 2.93. The fourth-order valence-corrected chi connectivity index (χ4v) is 2.93. The number of methoxy groups -OCH3 is 1. The number of hydrogen-bond acceptors (Lipinski definition) is 5. The Hall–Kier alpha value is -1.93. The van der Waals surface area contributed by atoms with Crippen LogP contribution in [0, 0.1) is 0 Å². The molecule has 0 aromatic carbocycles. The van der Waals surface area contributed by atoms with Crippen molar-refractivity contribution in [3.8, 4) is 0 Å². The van der Waals surface area contributed by atoms with Crippen molar-refractivity contribution in [3.63, 3.8) is 0 Å². The van der Waals surface area contributed by atoms with Crippen molar-refractivity contribution < 1.29 is 4.74 Å². The zero-order valence-electron chi connectivity index (χ0n) is 12.9. The first kappa shape index (κ1) is 15.0. The lowest BCUT2D eigenvalue weighted by molar-refractivity contribution is 0.186. The highest BCUT2D eigenvalue weighted by Gasteiger charge is 2.23. The number of ether oxygens (including phenoxy) is 1. The minimum Gasteiger partial charge on any atom is -0.383 e. The molecule has 3 heterocycles. The second kappa shape index (κ2) is 6.05. The molecule has 0 saturated carbocycles. The maximum atomic E-state index is 12.5. The van der Waals surface area contributed by atoms with E-state index in [9.17, 15) is 9.59 Å².